The molecule has 3 aliphatic rings. The van der Waals surface area contributed by atoms with Crippen LogP contribution in [0.25, 0.3) is 0 Å². The Bertz CT molecular complexity index is 930. The maximum Gasteiger partial charge on any atom is 0.351 e. The first-order chi connectivity index (χ1) is 15.2. The topological polar surface area (TPSA) is 125 Å². The van der Waals surface area contributed by atoms with Gasteiger partial charge < -0.3 is 24.1 Å². The van der Waals surface area contributed by atoms with E-state index in [-0.39, 0.29) is 6.42 Å². The Labute approximate surface area is 193 Å². The van der Waals surface area contributed by atoms with Crippen molar-refractivity contribution in [2.75, 3.05) is 0 Å². The van der Waals surface area contributed by atoms with E-state index in [0.29, 0.717) is 5.57 Å². The lowest BCUT2D eigenvalue weighted by Gasteiger charge is -2.40. The van der Waals surface area contributed by atoms with Crippen LogP contribution in [0.5, 0.6) is 0 Å². The second-order valence-corrected chi connectivity index (χ2v) is 9.86. The quantitative estimate of drug-likeness (QED) is 0.288. The van der Waals surface area contributed by atoms with Crippen molar-refractivity contribution in [3.05, 3.63) is 23.3 Å². The highest BCUT2D eigenvalue weighted by molar-refractivity contribution is 5.86. The standard InChI is InChI=1S/C24H32O9/c1-11(2)8-17(28)30-16-10-23(6,32-13(4)25)19-15(27)9-12(3)18(19)21-20(16)24(7,22(29)31-21)33-14(5)26/h8-9,15-16,18-21,27H,10H2,1-7H3/t15-,16?,18-,19+,20?,21?,23+,24+/m1/s1. The summed E-state index contributed by atoms with van der Waals surface area (Å²) in [5.74, 6) is -4.73. The van der Waals surface area contributed by atoms with E-state index < -0.39 is 71.1 Å². The summed E-state index contributed by atoms with van der Waals surface area (Å²) in [5, 5.41) is 10.9. The molecule has 0 radical (unpaired) electrons. The van der Waals surface area contributed by atoms with Crippen molar-refractivity contribution in [3.8, 4) is 0 Å². The highest BCUT2D eigenvalue weighted by atomic mass is 16.6. The van der Waals surface area contributed by atoms with Crippen LogP contribution in [0.4, 0.5) is 0 Å². The number of allylic oxidation sites excluding steroid dienone is 1. The Morgan fingerprint density at radius 2 is 1.70 bits per heavy atom. The summed E-state index contributed by atoms with van der Waals surface area (Å²) in [7, 11) is 0. The number of ether oxygens (including phenoxy) is 4. The van der Waals surface area contributed by atoms with E-state index in [1.54, 1.807) is 33.8 Å². The summed E-state index contributed by atoms with van der Waals surface area (Å²) >= 11 is 0. The summed E-state index contributed by atoms with van der Waals surface area (Å²) in [4.78, 5) is 49.7. The first-order valence-electron chi connectivity index (χ1n) is 11.0. The number of aliphatic hydroxyl groups excluding tert-OH is 1. The SMILES string of the molecule is CC(=O)O[C@]1(C)C(=O)OC2C1C(OC(=O)C=C(C)C)C[C@](C)(OC(C)=O)[C@H]1[C@H](O)C=C(C)[C@@H]21. The van der Waals surface area contributed by atoms with Crippen LogP contribution >= 0.6 is 0 Å². The molecule has 8 atom stereocenters. The number of esters is 4. The van der Waals surface area contributed by atoms with Crippen LogP contribution in [0.15, 0.2) is 23.3 Å². The van der Waals surface area contributed by atoms with Gasteiger partial charge in [-0.1, -0.05) is 17.2 Å². The van der Waals surface area contributed by atoms with E-state index in [2.05, 4.69) is 0 Å². The molecule has 3 rings (SSSR count). The Morgan fingerprint density at radius 1 is 1.09 bits per heavy atom. The van der Waals surface area contributed by atoms with Crippen LogP contribution in [-0.2, 0) is 38.1 Å². The molecule has 0 aromatic carbocycles. The lowest BCUT2D eigenvalue weighted by Crippen LogP contribution is -2.51. The molecule has 2 fully saturated rings. The Hall–Kier alpha value is -2.68. The molecule has 0 aromatic rings. The van der Waals surface area contributed by atoms with Crippen molar-refractivity contribution in [1.29, 1.82) is 0 Å². The monoisotopic (exact) mass is 464 g/mol. The van der Waals surface area contributed by atoms with Crippen LogP contribution in [0.3, 0.4) is 0 Å². The van der Waals surface area contributed by atoms with Gasteiger partial charge in [-0.15, -0.1) is 0 Å². The summed E-state index contributed by atoms with van der Waals surface area (Å²) < 4.78 is 22.8. The molecular formula is C24H32O9. The molecule has 9 nitrogen and oxygen atoms in total. The van der Waals surface area contributed by atoms with Crippen LogP contribution in [-0.4, -0.2) is 58.5 Å². The average Bonchev–Trinajstić information content (AvgIpc) is 3.01. The number of rotatable bonds is 4. The highest BCUT2D eigenvalue weighted by Crippen LogP contribution is 2.56. The molecule has 1 aliphatic heterocycles. The van der Waals surface area contributed by atoms with E-state index in [1.807, 2.05) is 0 Å². The predicted octanol–water partition coefficient (Wildman–Crippen LogP) is 2.01. The molecule has 33 heavy (non-hydrogen) atoms. The lowest BCUT2D eigenvalue weighted by atomic mass is 9.74. The Balaban J connectivity index is 2.18. The molecular weight excluding hydrogens is 432 g/mol. The van der Waals surface area contributed by atoms with E-state index in [4.69, 9.17) is 18.9 Å². The normalized spacial score (nSPS) is 39.3. The third kappa shape index (κ3) is 4.43. The summed E-state index contributed by atoms with van der Waals surface area (Å²) in [5.41, 5.74) is -1.53. The van der Waals surface area contributed by atoms with E-state index in [9.17, 15) is 24.3 Å². The number of aliphatic hydroxyl groups is 1. The fraction of sp³-hybridized carbons (Fsp3) is 0.667. The molecule has 1 saturated carbocycles. The second-order valence-electron chi connectivity index (χ2n) is 9.86. The molecule has 0 spiro atoms. The zero-order valence-corrected chi connectivity index (χ0v) is 20.0. The first kappa shape index (κ1) is 25.0. The number of carbonyl (C=O) groups excluding carboxylic acids is 4. The van der Waals surface area contributed by atoms with E-state index >= 15 is 0 Å². The van der Waals surface area contributed by atoms with Crippen LogP contribution in [0.1, 0.15) is 54.9 Å². The summed E-state index contributed by atoms with van der Waals surface area (Å²) in [6.45, 7) is 10.8. The van der Waals surface area contributed by atoms with Gasteiger partial charge >= 0.3 is 23.9 Å². The van der Waals surface area contributed by atoms with Gasteiger partial charge in [0.15, 0.2) is 0 Å². The first-order valence-corrected chi connectivity index (χ1v) is 11.0. The van der Waals surface area contributed by atoms with E-state index in [0.717, 1.165) is 5.57 Å². The molecule has 0 amide bonds. The molecule has 0 bridgehead atoms. The third-order valence-electron chi connectivity index (χ3n) is 6.83. The van der Waals surface area contributed by atoms with Gasteiger partial charge in [0.2, 0.25) is 5.60 Å². The smallest absolute Gasteiger partial charge is 0.351 e. The molecule has 1 N–H and O–H groups in total. The van der Waals surface area contributed by atoms with E-state index in [1.165, 1.54) is 26.8 Å². The molecule has 1 saturated heterocycles. The fourth-order valence-electron chi connectivity index (χ4n) is 5.85. The van der Waals surface area contributed by atoms with Crippen LogP contribution in [0.2, 0.25) is 0 Å². The van der Waals surface area contributed by atoms with Gasteiger partial charge in [-0.25, -0.2) is 9.59 Å². The predicted molar refractivity (Wildman–Crippen MR) is 114 cm³/mol. The summed E-state index contributed by atoms with van der Waals surface area (Å²) in [6.07, 6.45) is 0.0737. The minimum Gasteiger partial charge on any atom is -0.459 e. The van der Waals surface area contributed by atoms with Crippen molar-refractivity contribution in [2.45, 2.75) is 84.4 Å². The largest absolute Gasteiger partial charge is 0.459 e. The molecule has 182 valence electrons. The molecule has 0 aromatic heterocycles. The minimum absolute atomic E-state index is 0.0249. The number of hydrogen-bond acceptors (Lipinski definition) is 9. The van der Waals surface area contributed by atoms with Crippen molar-refractivity contribution in [1.82, 2.24) is 0 Å². The lowest BCUT2D eigenvalue weighted by molar-refractivity contribution is -0.183. The molecule has 1 heterocycles. The minimum atomic E-state index is -1.73. The van der Waals surface area contributed by atoms with Gasteiger partial charge in [0.25, 0.3) is 0 Å². The van der Waals surface area contributed by atoms with Gasteiger partial charge in [0.05, 0.1) is 12.0 Å². The van der Waals surface area contributed by atoms with Crippen molar-refractivity contribution < 1.29 is 43.2 Å². The van der Waals surface area contributed by atoms with Gasteiger partial charge in [-0.3, -0.25) is 9.59 Å². The highest BCUT2D eigenvalue weighted by Gasteiger charge is 2.69. The van der Waals surface area contributed by atoms with Crippen molar-refractivity contribution >= 4 is 23.9 Å². The number of hydrogen-bond donors (Lipinski definition) is 1. The van der Waals surface area contributed by atoms with Gasteiger partial charge in [-0.2, -0.15) is 0 Å². The van der Waals surface area contributed by atoms with Gasteiger partial charge in [0.1, 0.15) is 17.8 Å². The molecule has 9 heteroatoms. The molecule has 3 unspecified atom stereocenters. The van der Waals surface area contributed by atoms with Crippen molar-refractivity contribution in [2.24, 2.45) is 17.8 Å². The fourth-order valence-corrected chi connectivity index (χ4v) is 5.85. The Kier molecular flexibility index (Phi) is 6.50. The Morgan fingerprint density at radius 3 is 2.24 bits per heavy atom. The third-order valence-corrected chi connectivity index (χ3v) is 6.83. The number of carbonyl (C=O) groups is 4. The average molecular weight is 465 g/mol. The molecule has 2 aliphatic carbocycles. The van der Waals surface area contributed by atoms with Gasteiger partial charge in [0, 0.05) is 38.2 Å². The van der Waals surface area contributed by atoms with Crippen LogP contribution < -0.4 is 0 Å². The van der Waals surface area contributed by atoms with Gasteiger partial charge in [-0.05, 0) is 34.6 Å². The maximum atomic E-state index is 13.0. The van der Waals surface area contributed by atoms with Crippen molar-refractivity contribution in [3.63, 3.8) is 0 Å². The zero-order valence-electron chi connectivity index (χ0n) is 20.0. The summed E-state index contributed by atoms with van der Waals surface area (Å²) in [6, 6.07) is 0. The second kappa shape index (κ2) is 8.59. The van der Waals surface area contributed by atoms with Crippen LogP contribution in [0, 0.1) is 17.8 Å². The zero-order chi connectivity index (χ0) is 24.9. The number of fused-ring (bicyclic) bond motifs is 3. The maximum absolute atomic E-state index is 13.0.